The second kappa shape index (κ2) is 6.72. The minimum Gasteiger partial charge on any atom is -0.494 e. The van der Waals surface area contributed by atoms with Crippen LogP contribution >= 0.6 is 11.6 Å². The van der Waals surface area contributed by atoms with Crippen molar-refractivity contribution in [2.24, 2.45) is 0 Å². The van der Waals surface area contributed by atoms with Crippen LogP contribution in [0.2, 0.25) is 5.15 Å². The van der Waals surface area contributed by atoms with Crippen molar-refractivity contribution in [2.45, 2.75) is 26.7 Å². The minimum atomic E-state index is -0.410. The molecule has 0 radical (unpaired) electrons. The normalized spacial score (nSPS) is 10.5. The van der Waals surface area contributed by atoms with Crippen LogP contribution in [0.5, 0.6) is 5.75 Å². The van der Waals surface area contributed by atoms with E-state index < -0.39 is 5.82 Å². The Balaban J connectivity index is 2.34. The van der Waals surface area contributed by atoms with Gasteiger partial charge in [0.1, 0.15) is 16.8 Å². The molecule has 1 aromatic carbocycles. The van der Waals surface area contributed by atoms with Crippen molar-refractivity contribution in [3.63, 3.8) is 0 Å². The molecule has 1 aromatic heterocycles. The van der Waals surface area contributed by atoms with E-state index in [0.717, 1.165) is 18.4 Å². The summed E-state index contributed by atoms with van der Waals surface area (Å²) in [6.45, 7) is 3.89. The molecular weight excluding hydrogens is 293 g/mol. The summed E-state index contributed by atoms with van der Waals surface area (Å²) in [5, 5.41) is 3.55. The van der Waals surface area contributed by atoms with Gasteiger partial charge < -0.3 is 10.1 Å². The molecule has 1 N–H and O–H groups in total. The summed E-state index contributed by atoms with van der Waals surface area (Å²) in [6.07, 6.45) is 1.69. The molecule has 0 aliphatic heterocycles. The zero-order valence-corrected chi connectivity index (χ0v) is 13.0. The molecule has 0 atom stereocenters. The predicted octanol–water partition coefficient (Wildman–Crippen LogP) is 4.28. The lowest BCUT2D eigenvalue weighted by atomic mass is 10.2. The molecule has 0 bridgehead atoms. The van der Waals surface area contributed by atoms with E-state index in [4.69, 9.17) is 16.3 Å². The average Bonchev–Trinajstić information content (AvgIpc) is 2.46. The van der Waals surface area contributed by atoms with E-state index in [9.17, 15) is 4.39 Å². The van der Waals surface area contributed by atoms with Crippen molar-refractivity contribution in [1.29, 1.82) is 0 Å². The van der Waals surface area contributed by atoms with Gasteiger partial charge in [0, 0.05) is 23.7 Å². The minimum absolute atomic E-state index is 0.173. The molecule has 21 heavy (non-hydrogen) atoms. The van der Waals surface area contributed by atoms with Crippen molar-refractivity contribution in [2.75, 3.05) is 12.4 Å². The number of aromatic nitrogens is 2. The number of rotatable bonds is 5. The van der Waals surface area contributed by atoms with Crippen molar-refractivity contribution in [3.05, 3.63) is 40.6 Å². The van der Waals surface area contributed by atoms with Gasteiger partial charge in [-0.05, 0) is 25.5 Å². The molecule has 6 heteroatoms. The Morgan fingerprint density at radius 3 is 2.76 bits per heavy atom. The smallest absolute Gasteiger partial charge is 0.165 e. The maximum absolute atomic E-state index is 13.4. The lowest BCUT2D eigenvalue weighted by Crippen LogP contribution is -2.04. The van der Waals surface area contributed by atoms with E-state index in [1.54, 1.807) is 12.1 Å². The fraction of sp³-hybridized carbons (Fsp3) is 0.333. The summed E-state index contributed by atoms with van der Waals surface area (Å²) in [5.41, 5.74) is 1.42. The van der Waals surface area contributed by atoms with Crippen molar-refractivity contribution in [3.8, 4) is 5.75 Å². The van der Waals surface area contributed by atoms with Crippen LogP contribution in [0.4, 0.5) is 15.9 Å². The lowest BCUT2D eigenvalue weighted by molar-refractivity contribution is 0.387. The second-order valence-electron chi connectivity index (χ2n) is 4.63. The number of nitrogens with zero attached hydrogens (tertiary/aromatic N) is 2. The standard InChI is InChI=1S/C15H17ClFN3O/c1-4-5-13-19-14(16)9(2)15(20-13)18-10-6-7-11(17)12(8-10)21-3/h6-8H,4-5H2,1-3H3,(H,18,19,20). The van der Waals surface area contributed by atoms with Crippen LogP contribution in [-0.2, 0) is 6.42 Å². The highest BCUT2D eigenvalue weighted by atomic mass is 35.5. The van der Waals surface area contributed by atoms with Crippen LogP contribution in [-0.4, -0.2) is 17.1 Å². The molecule has 0 unspecified atom stereocenters. The summed E-state index contributed by atoms with van der Waals surface area (Å²) >= 11 is 6.13. The number of halogens is 2. The number of methoxy groups -OCH3 is 1. The molecule has 0 amide bonds. The first-order valence-corrected chi connectivity index (χ1v) is 7.06. The molecule has 0 aliphatic rings. The van der Waals surface area contributed by atoms with Gasteiger partial charge in [0.2, 0.25) is 0 Å². The molecular formula is C15H17ClFN3O. The van der Waals surface area contributed by atoms with Gasteiger partial charge in [0.25, 0.3) is 0 Å². The third-order valence-corrected chi connectivity index (χ3v) is 3.39. The van der Waals surface area contributed by atoms with Crippen LogP contribution in [0.3, 0.4) is 0 Å². The fourth-order valence-corrected chi connectivity index (χ4v) is 2.05. The zero-order valence-electron chi connectivity index (χ0n) is 12.2. The highest BCUT2D eigenvalue weighted by Gasteiger charge is 2.11. The largest absolute Gasteiger partial charge is 0.494 e. The predicted molar refractivity (Wildman–Crippen MR) is 82.0 cm³/mol. The summed E-state index contributed by atoms with van der Waals surface area (Å²) in [4.78, 5) is 8.70. The molecule has 0 saturated carbocycles. The molecule has 0 fully saturated rings. The highest BCUT2D eigenvalue weighted by Crippen LogP contribution is 2.27. The van der Waals surface area contributed by atoms with Crippen molar-refractivity contribution < 1.29 is 9.13 Å². The molecule has 0 saturated heterocycles. The van der Waals surface area contributed by atoms with Crippen LogP contribution in [0.1, 0.15) is 24.7 Å². The van der Waals surface area contributed by atoms with E-state index in [1.807, 2.05) is 6.92 Å². The van der Waals surface area contributed by atoms with Gasteiger partial charge in [0.05, 0.1) is 7.11 Å². The van der Waals surface area contributed by atoms with Crippen molar-refractivity contribution >= 4 is 23.1 Å². The topological polar surface area (TPSA) is 47.0 Å². The van der Waals surface area contributed by atoms with Gasteiger partial charge in [-0.3, -0.25) is 0 Å². The Morgan fingerprint density at radius 2 is 2.10 bits per heavy atom. The van der Waals surface area contributed by atoms with E-state index >= 15 is 0 Å². The Bertz CT molecular complexity index is 649. The lowest BCUT2D eigenvalue weighted by Gasteiger charge is -2.12. The average molecular weight is 310 g/mol. The number of hydrogen-bond acceptors (Lipinski definition) is 4. The number of benzene rings is 1. The van der Waals surface area contributed by atoms with Gasteiger partial charge in [-0.15, -0.1) is 0 Å². The molecule has 2 aromatic rings. The first kappa shape index (κ1) is 15.5. The van der Waals surface area contributed by atoms with E-state index in [0.29, 0.717) is 22.5 Å². The first-order chi connectivity index (χ1) is 10.0. The summed E-state index contributed by atoms with van der Waals surface area (Å²) < 4.78 is 18.4. The molecule has 2 rings (SSSR count). The van der Waals surface area contributed by atoms with Gasteiger partial charge in [-0.2, -0.15) is 0 Å². The maximum Gasteiger partial charge on any atom is 0.165 e. The molecule has 1 heterocycles. The third kappa shape index (κ3) is 3.61. The summed E-state index contributed by atoms with van der Waals surface area (Å²) in [7, 11) is 1.42. The molecule has 0 aliphatic carbocycles. The van der Waals surface area contributed by atoms with Gasteiger partial charge in [-0.25, -0.2) is 14.4 Å². The Labute approximate surface area is 128 Å². The third-order valence-electron chi connectivity index (χ3n) is 3.02. The maximum atomic E-state index is 13.4. The fourth-order valence-electron chi connectivity index (χ4n) is 1.86. The van der Waals surface area contributed by atoms with Crippen LogP contribution in [0.25, 0.3) is 0 Å². The number of aryl methyl sites for hydroxylation is 1. The van der Waals surface area contributed by atoms with Gasteiger partial charge in [0.15, 0.2) is 11.6 Å². The number of anilines is 2. The van der Waals surface area contributed by atoms with E-state index in [2.05, 4.69) is 22.2 Å². The van der Waals surface area contributed by atoms with Crippen LogP contribution in [0, 0.1) is 12.7 Å². The SMILES string of the molecule is CCCc1nc(Cl)c(C)c(Nc2ccc(F)c(OC)c2)n1. The summed E-state index contributed by atoms with van der Waals surface area (Å²) in [5.74, 6) is 1.07. The number of hydrogen-bond donors (Lipinski definition) is 1. The van der Waals surface area contributed by atoms with Crippen molar-refractivity contribution in [1.82, 2.24) is 9.97 Å². The Morgan fingerprint density at radius 1 is 1.33 bits per heavy atom. The summed E-state index contributed by atoms with van der Waals surface area (Å²) in [6, 6.07) is 4.53. The van der Waals surface area contributed by atoms with Gasteiger partial charge in [-0.1, -0.05) is 18.5 Å². The molecule has 112 valence electrons. The number of ether oxygens (including phenoxy) is 1. The monoisotopic (exact) mass is 309 g/mol. The number of nitrogens with one attached hydrogen (secondary N) is 1. The van der Waals surface area contributed by atoms with Gasteiger partial charge >= 0.3 is 0 Å². The molecule has 0 spiro atoms. The highest BCUT2D eigenvalue weighted by molar-refractivity contribution is 6.30. The Hall–Kier alpha value is -1.88. The Kier molecular flexibility index (Phi) is 4.96. The second-order valence-corrected chi connectivity index (χ2v) is 4.99. The molecule has 4 nitrogen and oxygen atoms in total. The first-order valence-electron chi connectivity index (χ1n) is 6.68. The zero-order chi connectivity index (χ0) is 15.4. The quantitative estimate of drug-likeness (QED) is 0.837. The van der Waals surface area contributed by atoms with E-state index in [-0.39, 0.29) is 5.75 Å². The van der Waals surface area contributed by atoms with E-state index in [1.165, 1.54) is 13.2 Å². The van der Waals surface area contributed by atoms with Crippen LogP contribution < -0.4 is 10.1 Å². The van der Waals surface area contributed by atoms with Crippen LogP contribution in [0.15, 0.2) is 18.2 Å².